The maximum absolute atomic E-state index is 12.0. The minimum atomic E-state index is -4.36. The molecule has 0 aromatic carbocycles. The molecule has 120 valence electrons. The van der Waals surface area contributed by atoms with Crippen molar-refractivity contribution < 1.29 is 27.2 Å². The highest BCUT2D eigenvalue weighted by molar-refractivity contribution is 5.02. The van der Waals surface area contributed by atoms with E-state index in [1.807, 2.05) is 0 Å². The van der Waals surface area contributed by atoms with Gasteiger partial charge in [0, 0.05) is 6.04 Å². The highest BCUT2D eigenvalue weighted by Gasteiger charge is 2.33. The highest BCUT2D eigenvalue weighted by atomic mass is 19.4. The Labute approximate surface area is 120 Å². The van der Waals surface area contributed by atoms with E-state index in [0.29, 0.717) is 19.1 Å². The van der Waals surface area contributed by atoms with Crippen LogP contribution in [0.4, 0.5) is 13.2 Å². The van der Waals surface area contributed by atoms with E-state index in [2.05, 4.69) is 27.1 Å². The summed E-state index contributed by atoms with van der Waals surface area (Å²) in [5.41, 5.74) is 0. The van der Waals surface area contributed by atoms with Gasteiger partial charge in [-0.25, -0.2) is 0 Å². The van der Waals surface area contributed by atoms with Gasteiger partial charge in [0.05, 0.1) is 19.1 Å². The van der Waals surface area contributed by atoms with E-state index in [4.69, 9.17) is 9.26 Å². The van der Waals surface area contributed by atoms with E-state index < -0.39 is 12.8 Å². The predicted octanol–water partition coefficient (Wildman–Crippen LogP) is 1.63. The molecule has 21 heavy (non-hydrogen) atoms. The number of hydrogen-bond donors (Lipinski definition) is 1. The monoisotopic (exact) mass is 309 g/mol. The fraction of sp³-hybridized carbons (Fsp3) is 0.833. The van der Waals surface area contributed by atoms with E-state index in [0.717, 1.165) is 13.0 Å². The summed E-state index contributed by atoms with van der Waals surface area (Å²) in [5, 5.41) is 6.95. The number of aromatic nitrogens is 2. The van der Waals surface area contributed by atoms with E-state index in [1.165, 1.54) is 0 Å². The number of hydrogen-bond acceptors (Lipinski definition) is 6. The van der Waals surface area contributed by atoms with Gasteiger partial charge in [0.2, 0.25) is 5.89 Å². The van der Waals surface area contributed by atoms with Crippen LogP contribution >= 0.6 is 0 Å². The van der Waals surface area contributed by atoms with Crippen LogP contribution in [0.2, 0.25) is 0 Å². The van der Waals surface area contributed by atoms with Crippen molar-refractivity contribution in [2.24, 2.45) is 0 Å². The molecule has 9 heteroatoms. The molecule has 0 spiro atoms. The quantitative estimate of drug-likeness (QED) is 0.825. The molecule has 0 bridgehead atoms. The van der Waals surface area contributed by atoms with Gasteiger partial charge >= 0.3 is 6.18 Å². The number of ether oxygens (including phenoxy) is 2. The van der Waals surface area contributed by atoms with Gasteiger partial charge in [-0.2, -0.15) is 18.2 Å². The zero-order valence-electron chi connectivity index (χ0n) is 11.7. The average Bonchev–Trinajstić information content (AvgIpc) is 3.02. The van der Waals surface area contributed by atoms with Crippen LogP contribution in [0.5, 0.6) is 0 Å². The minimum absolute atomic E-state index is 0.0781. The third kappa shape index (κ3) is 4.94. The molecule has 1 fully saturated rings. The molecule has 2 atom stereocenters. The topological polar surface area (TPSA) is 69.4 Å². The van der Waals surface area contributed by atoms with Crippen molar-refractivity contribution in [2.75, 3.05) is 26.4 Å². The SMILES string of the molecule is CCCNC1COCC1c1nc(COCC(F)(F)F)no1. The molecule has 0 amide bonds. The Kier molecular flexibility index (Phi) is 5.54. The number of nitrogens with zero attached hydrogens (tertiary/aromatic N) is 2. The Morgan fingerprint density at radius 2 is 2.19 bits per heavy atom. The van der Waals surface area contributed by atoms with Gasteiger partial charge < -0.3 is 19.3 Å². The second kappa shape index (κ2) is 7.19. The summed E-state index contributed by atoms with van der Waals surface area (Å²) in [7, 11) is 0. The zero-order chi connectivity index (χ0) is 15.3. The Hall–Kier alpha value is -1.19. The standard InChI is InChI=1S/C12H18F3N3O3/c1-2-3-16-9-5-19-4-8(9)11-17-10(18-21-11)6-20-7-12(13,14)15/h8-9,16H,2-7H2,1H3. The molecule has 2 unspecified atom stereocenters. The van der Waals surface area contributed by atoms with Crippen LogP contribution in [0, 0.1) is 0 Å². The van der Waals surface area contributed by atoms with E-state index in [9.17, 15) is 13.2 Å². The van der Waals surface area contributed by atoms with E-state index in [1.54, 1.807) is 0 Å². The zero-order valence-corrected chi connectivity index (χ0v) is 11.7. The van der Waals surface area contributed by atoms with Gasteiger partial charge in [0.1, 0.15) is 13.2 Å². The summed E-state index contributed by atoms with van der Waals surface area (Å²) >= 11 is 0. The van der Waals surface area contributed by atoms with Crippen LogP contribution < -0.4 is 5.32 Å². The third-order valence-corrected chi connectivity index (χ3v) is 3.03. The second-order valence-electron chi connectivity index (χ2n) is 4.86. The number of alkyl halides is 3. The first kappa shape index (κ1) is 16.2. The van der Waals surface area contributed by atoms with Gasteiger partial charge in [-0.3, -0.25) is 0 Å². The molecule has 0 saturated carbocycles. The second-order valence-corrected chi connectivity index (χ2v) is 4.86. The first-order valence-electron chi connectivity index (χ1n) is 6.77. The molecule has 1 saturated heterocycles. The van der Waals surface area contributed by atoms with Crippen molar-refractivity contribution in [1.82, 2.24) is 15.5 Å². The lowest BCUT2D eigenvalue weighted by Gasteiger charge is -2.14. The molecule has 1 aliphatic heterocycles. The molecule has 1 N–H and O–H groups in total. The maximum Gasteiger partial charge on any atom is 0.411 e. The Bertz CT molecular complexity index is 439. The summed E-state index contributed by atoms with van der Waals surface area (Å²) in [5.74, 6) is 0.391. The van der Waals surface area contributed by atoms with Crippen molar-refractivity contribution in [2.45, 2.75) is 38.1 Å². The van der Waals surface area contributed by atoms with Crippen LogP contribution in [0.1, 0.15) is 31.0 Å². The minimum Gasteiger partial charge on any atom is -0.379 e. The van der Waals surface area contributed by atoms with Gasteiger partial charge in [-0.1, -0.05) is 12.1 Å². The van der Waals surface area contributed by atoms with Crippen molar-refractivity contribution >= 4 is 0 Å². The predicted molar refractivity (Wildman–Crippen MR) is 65.7 cm³/mol. The molecule has 1 aliphatic rings. The molecule has 2 heterocycles. The fourth-order valence-electron chi connectivity index (χ4n) is 2.06. The number of rotatable bonds is 7. The van der Waals surface area contributed by atoms with Gasteiger partial charge in [-0.05, 0) is 13.0 Å². The van der Waals surface area contributed by atoms with Crippen LogP contribution in [0.15, 0.2) is 4.52 Å². The lowest BCUT2D eigenvalue weighted by molar-refractivity contribution is -0.177. The fourth-order valence-corrected chi connectivity index (χ4v) is 2.06. The van der Waals surface area contributed by atoms with Gasteiger partial charge in [0.25, 0.3) is 0 Å². The summed E-state index contributed by atoms with van der Waals surface area (Å²) in [6.45, 7) is 2.24. The molecule has 1 aromatic rings. The summed E-state index contributed by atoms with van der Waals surface area (Å²) < 4.78 is 50.9. The number of nitrogens with one attached hydrogen (secondary N) is 1. The molecule has 0 aliphatic carbocycles. The summed E-state index contributed by atoms with van der Waals surface area (Å²) in [6.07, 6.45) is -3.37. The van der Waals surface area contributed by atoms with E-state index >= 15 is 0 Å². The highest BCUT2D eigenvalue weighted by Crippen LogP contribution is 2.24. The third-order valence-electron chi connectivity index (χ3n) is 3.03. The summed E-state index contributed by atoms with van der Waals surface area (Å²) in [6, 6.07) is 0.0781. The molecule has 2 rings (SSSR count). The van der Waals surface area contributed by atoms with Crippen molar-refractivity contribution in [3.63, 3.8) is 0 Å². The smallest absolute Gasteiger partial charge is 0.379 e. The molecular weight excluding hydrogens is 291 g/mol. The van der Waals surface area contributed by atoms with Crippen molar-refractivity contribution in [3.05, 3.63) is 11.7 Å². The molecular formula is C12H18F3N3O3. The molecule has 0 radical (unpaired) electrons. The van der Waals surface area contributed by atoms with Crippen LogP contribution in [-0.4, -0.2) is 48.7 Å². The number of halogens is 3. The largest absolute Gasteiger partial charge is 0.411 e. The van der Waals surface area contributed by atoms with E-state index in [-0.39, 0.29) is 24.4 Å². The molecule has 1 aromatic heterocycles. The normalized spacial score (nSPS) is 22.9. The Balaban J connectivity index is 1.87. The maximum atomic E-state index is 12.0. The van der Waals surface area contributed by atoms with Crippen molar-refractivity contribution in [3.8, 4) is 0 Å². The van der Waals surface area contributed by atoms with Crippen LogP contribution in [-0.2, 0) is 16.1 Å². The summed E-state index contributed by atoms with van der Waals surface area (Å²) in [4.78, 5) is 4.08. The first-order chi connectivity index (χ1) is 9.99. The van der Waals surface area contributed by atoms with Gasteiger partial charge in [-0.15, -0.1) is 0 Å². The Morgan fingerprint density at radius 3 is 2.90 bits per heavy atom. The lowest BCUT2D eigenvalue weighted by Crippen LogP contribution is -2.35. The molecule has 6 nitrogen and oxygen atoms in total. The lowest BCUT2D eigenvalue weighted by atomic mass is 10.0. The van der Waals surface area contributed by atoms with Crippen LogP contribution in [0.3, 0.4) is 0 Å². The Morgan fingerprint density at radius 1 is 1.38 bits per heavy atom. The average molecular weight is 309 g/mol. The van der Waals surface area contributed by atoms with Gasteiger partial charge in [0.15, 0.2) is 5.82 Å². The van der Waals surface area contributed by atoms with Crippen molar-refractivity contribution in [1.29, 1.82) is 0 Å². The van der Waals surface area contributed by atoms with Crippen LogP contribution in [0.25, 0.3) is 0 Å². The first-order valence-corrected chi connectivity index (χ1v) is 6.77.